The van der Waals surface area contributed by atoms with Gasteiger partial charge in [0, 0.05) is 16.2 Å². The standard InChI is InChI=1S/C22H15BrCl3N3O3/c23-16-11-29(10-13-5-6-14(24)9-18(13)26)28-21(16)27-22(30)20-8-7-15(32-20)12-31-19-4-2-1-3-17(19)25/h1-9,11H,10,12H2,(H,27,28,30). The van der Waals surface area contributed by atoms with Gasteiger partial charge < -0.3 is 14.5 Å². The number of carbonyl (C=O) groups excluding carboxylic acids is 1. The van der Waals surface area contributed by atoms with E-state index in [1.54, 1.807) is 47.3 Å². The highest BCUT2D eigenvalue weighted by Gasteiger charge is 2.16. The second-order valence-electron chi connectivity index (χ2n) is 6.70. The summed E-state index contributed by atoms with van der Waals surface area (Å²) in [5.41, 5.74) is 0.845. The lowest BCUT2D eigenvalue weighted by Gasteiger charge is -2.06. The number of halogens is 4. The molecule has 0 aliphatic rings. The lowest BCUT2D eigenvalue weighted by atomic mass is 10.2. The van der Waals surface area contributed by atoms with Crippen molar-refractivity contribution in [2.75, 3.05) is 5.32 Å². The summed E-state index contributed by atoms with van der Waals surface area (Å²) < 4.78 is 13.5. The normalized spacial score (nSPS) is 10.9. The van der Waals surface area contributed by atoms with Crippen LogP contribution in [0.2, 0.25) is 15.1 Å². The van der Waals surface area contributed by atoms with E-state index in [0.29, 0.717) is 43.4 Å². The van der Waals surface area contributed by atoms with Crippen LogP contribution < -0.4 is 10.1 Å². The number of ether oxygens (including phenoxy) is 1. The maximum absolute atomic E-state index is 12.6. The number of benzene rings is 2. The van der Waals surface area contributed by atoms with Crippen LogP contribution >= 0.6 is 50.7 Å². The summed E-state index contributed by atoms with van der Waals surface area (Å²) in [5, 5.41) is 8.71. The summed E-state index contributed by atoms with van der Waals surface area (Å²) in [7, 11) is 0. The van der Waals surface area contributed by atoms with Crippen LogP contribution in [0, 0.1) is 0 Å². The number of para-hydroxylation sites is 1. The van der Waals surface area contributed by atoms with E-state index in [1.165, 1.54) is 0 Å². The molecule has 4 rings (SSSR count). The van der Waals surface area contributed by atoms with Gasteiger partial charge in [-0.05, 0) is 57.9 Å². The molecule has 0 radical (unpaired) electrons. The molecule has 4 aromatic rings. The number of nitrogens with one attached hydrogen (secondary N) is 1. The van der Waals surface area contributed by atoms with Gasteiger partial charge in [0.15, 0.2) is 11.6 Å². The summed E-state index contributed by atoms with van der Waals surface area (Å²) in [6, 6.07) is 15.6. The Kier molecular flexibility index (Phi) is 7.10. The number of carbonyl (C=O) groups is 1. The van der Waals surface area contributed by atoms with Crippen molar-refractivity contribution in [2.45, 2.75) is 13.2 Å². The summed E-state index contributed by atoms with van der Waals surface area (Å²) in [4.78, 5) is 12.6. The number of hydrogen-bond acceptors (Lipinski definition) is 4. The van der Waals surface area contributed by atoms with E-state index in [4.69, 9.17) is 44.0 Å². The maximum Gasteiger partial charge on any atom is 0.292 e. The second-order valence-corrected chi connectivity index (χ2v) is 8.80. The van der Waals surface area contributed by atoms with Gasteiger partial charge in [0.05, 0.1) is 16.0 Å². The van der Waals surface area contributed by atoms with Crippen LogP contribution in [-0.2, 0) is 13.2 Å². The zero-order chi connectivity index (χ0) is 22.7. The predicted octanol–water partition coefficient (Wildman–Crippen LogP) is 7.08. The zero-order valence-corrected chi connectivity index (χ0v) is 20.2. The average Bonchev–Trinajstić information content (AvgIpc) is 3.36. The van der Waals surface area contributed by atoms with Crippen LogP contribution in [0.3, 0.4) is 0 Å². The Hall–Kier alpha value is -2.45. The average molecular weight is 556 g/mol. The van der Waals surface area contributed by atoms with E-state index < -0.39 is 5.91 Å². The third-order valence-electron chi connectivity index (χ3n) is 4.39. The molecule has 1 N–H and O–H groups in total. The topological polar surface area (TPSA) is 69.3 Å². The lowest BCUT2D eigenvalue weighted by Crippen LogP contribution is -2.12. The fourth-order valence-corrected chi connectivity index (χ4v) is 3.92. The van der Waals surface area contributed by atoms with Gasteiger partial charge in [-0.3, -0.25) is 9.48 Å². The Morgan fingerprint density at radius 2 is 1.91 bits per heavy atom. The zero-order valence-electron chi connectivity index (χ0n) is 16.3. The van der Waals surface area contributed by atoms with Gasteiger partial charge in [0.2, 0.25) is 0 Å². The van der Waals surface area contributed by atoms with Crippen LogP contribution in [0.4, 0.5) is 5.82 Å². The highest BCUT2D eigenvalue weighted by molar-refractivity contribution is 9.10. The van der Waals surface area contributed by atoms with Crippen molar-refractivity contribution in [3.05, 3.63) is 97.4 Å². The number of hydrogen-bond donors (Lipinski definition) is 1. The highest BCUT2D eigenvalue weighted by Crippen LogP contribution is 2.26. The van der Waals surface area contributed by atoms with Gasteiger partial charge in [-0.15, -0.1) is 0 Å². The monoisotopic (exact) mass is 553 g/mol. The molecule has 0 bridgehead atoms. The molecule has 0 atom stereocenters. The van der Waals surface area contributed by atoms with E-state index in [-0.39, 0.29) is 12.4 Å². The summed E-state index contributed by atoms with van der Waals surface area (Å²) in [5.74, 6) is 1.06. The van der Waals surface area contributed by atoms with Crippen molar-refractivity contribution in [2.24, 2.45) is 0 Å². The van der Waals surface area contributed by atoms with Crippen molar-refractivity contribution < 1.29 is 13.9 Å². The molecule has 0 unspecified atom stereocenters. The first-order chi connectivity index (χ1) is 15.4. The Morgan fingerprint density at radius 1 is 1.09 bits per heavy atom. The molecule has 2 aromatic carbocycles. The second kappa shape index (κ2) is 10.0. The molecule has 0 aliphatic carbocycles. The molecule has 0 fully saturated rings. The fraction of sp³-hybridized carbons (Fsp3) is 0.0909. The molecule has 0 saturated carbocycles. The molecule has 10 heteroatoms. The van der Waals surface area contributed by atoms with Crippen molar-refractivity contribution >= 4 is 62.5 Å². The Labute approximate surface area is 207 Å². The molecule has 1 amide bonds. The lowest BCUT2D eigenvalue weighted by molar-refractivity contribution is 0.0992. The minimum atomic E-state index is -0.440. The van der Waals surface area contributed by atoms with E-state index in [1.807, 2.05) is 18.2 Å². The fourth-order valence-electron chi connectivity index (χ4n) is 2.84. The van der Waals surface area contributed by atoms with Gasteiger partial charge in [-0.2, -0.15) is 5.10 Å². The third kappa shape index (κ3) is 5.48. The minimum Gasteiger partial charge on any atom is -0.484 e. The Balaban J connectivity index is 1.39. The Bertz CT molecular complexity index is 1270. The molecular weight excluding hydrogens is 541 g/mol. The number of nitrogens with zero attached hydrogens (tertiary/aromatic N) is 2. The van der Waals surface area contributed by atoms with Crippen LogP contribution in [0.25, 0.3) is 0 Å². The smallest absolute Gasteiger partial charge is 0.292 e. The quantitative estimate of drug-likeness (QED) is 0.265. The predicted molar refractivity (Wildman–Crippen MR) is 128 cm³/mol. The molecule has 0 saturated heterocycles. The number of furan rings is 1. The van der Waals surface area contributed by atoms with Gasteiger partial charge in [0.1, 0.15) is 18.1 Å². The third-order valence-corrected chi connectivity index (χ3v) is 5.87. The first-order valence-electron chi connectivity index (χ1n) is 9.33. The van der Waals surface area contributed by atoms with Gasteiger partial charge in [0.25, 0.3) is 5.91 Å². The SMILES string of the molecule is O=C(Nc1nn(Cc2ccc(Cl)cc2Cl)cc1Br)c1ccc(COc2ccccc2Cl)o1. The first kappa shape index (κ1) is 22.7. The van der Waals surface area contributed by atoms with Gasteiger partial charge in [-0.25, -0.2) is 0 Å². The van der Waals surface area contributed by atoms with Crippen LogP contribution in [0.1, 0.15) is 21.9 Å². The largest absolute Gasteiger partial charge is 0.484 e. The van der Waals surface area contributed by atoms with Crippen molar-refractivity contribution in [3.63, 3.8) is 0 Å². The number of amides is 1. The molecule has 6 nitrogen and oxygen atoms in total. The highest BCUT2D eigenvalue weighted by atomic mass is 79.9. The molecule has 164 valence electrons. The number of anilines is 1. The van der Waals surface area contributed by atoms with Crippen molar-refractivity contribution in [1.29, 1.82) is 0 Å². The van der Waals surface area contributed by atoms with E-state index in [9.17, 15) is 4.79 Å². The van der Waals surface area contributed by atoms with E-state index >= 15 is 0 Å². The van der Waals surface area contributed by atoms with Crippen molar-refractivity contribution in [1.82, 2.24) is 9.78 Å². The summed E-state index contributed by atoms with van der Waals surface area (Å²) in [6.45, 7) is 0.548. The molecule has 0 spiro atoms. The van der Waals surface area contributed by atoms with Crippen LogP contribution in [-0.4, -0.2) is 15.7 Å². The van der Waals surface area contributed by atoms with Gasteiger partial charge >= 0.3 is 0 Å². The Morgan fingerprint density at radius 3 is 2.69 bits per heavy atom. The molecule has 2 aromatic heterocycles. The molecule has 32 heavy (non-hydrogen) atoms. The number of rotatable bonds is 7. The van der Waals surface area contributed by atoms with Crippen LogP contribution in [0.15, 0.2) is 69.7 Å². The van der Waals surface area contributed by atoms with E-state index in [0.717, 1.165) is 5.56 Å². The van der Waals surface area contributed by atoms with Crippen molar-refractivity contribution in [3.8, 4) is 5.75 Å². The summed E-state index contributed by atoms with van der Waals surface area (Å²) >= 11 is 21.7. The van der Waals surface area contributed by atoms with E-state index in [2.05, 4.69) is 26.3 Å². The number of aromatic nitrogens is 2. The maximum atomic E-state index is 12.6. The molecule has 0 aliphatic heterocycles. The summed E-state index contributed by atoms with van der Waals surface area (Å²) in [6.07, 6.45) is 1.74. The van der Waals surface area contributed by atoms with Crippen LogP contribution in [0.5, 0.6) is 5.75 Å². The van der Waals surface area contributed by atoms with Gasteiger partial charge in [-0.1, -0.05) is 53.0 Å². The minimum absolute atomic E-state index is 0.130. The molecular formula is C22H15BrCl3N3O3. The first-order valence-corrected chi connectivity index (χ1v) is 11.3. The molecule has 2 heterocycles.